The fraction of sp³-hybridized carbons (Fsp3) is 0.583. The molecule has 2 aromatic heterocycles. The van der Waals surface area contributed by atoms with Crippen LogP contribution in [0.5, 0.6) is 5.75 Å². The first-order valence-electron chi connectivity index (χ1n) is 11.9. The van der Waals surface area contributed by atoms with Gasteiger partial charge >= 0.3 is 0 Å². The van der Waals surface area contributed by atoms with Gasteiger partial charge in [0.25, 0.3) is 0 Å². The number of rotatable bonds is 3. The normalized spacial score (nSPS) is 22.2. The number of aromatic nitrogens is 2. The summed E-state index contributed by atoms with van der Waals surface area (Å²) in [6.07, 6.45) is 4.40. The Kier molecular flexibility index (Phi) is 5.37. The molecule has 8 nitrogen and oxygen atoms in total. The number of hydrogen-bond acceptors (Lipinski definition) is 8. The lowest BCUT2D eigenvalue weighted by molar-refractivity contribution is 0.0713. The molecule has 2 N–H and O–H groups in total. The highest BCUT2D eigenvalue weighted by molar-refractivity contribution is 5.73. The number of nitrogens with one attached hydrogen (secondary N) is 2. The van der Waals surface area contributed by atoms with Crippen molar-refractivity contribution in [1.82, 2.24) is 20.2 Å². The molecule has 0 amide bonds. The van der Waals surface area contributed by atoms with Crippen molar-refractivity contribution in [2.24, 2.45) is 0 Å². The van der Waals surface area contributed by atoms with Crippen molar-refractivity contribution in [3.63, 3.8) is 0 Å². The summed E-state index contributed by atoms with van der Waals surface area (Å²) < 4.78 is 11.8. The smallest absolute Gasteiger partial charge is 0.164 e. The first kappa shape index (κ1) is 20.2. The Morgan fingerprint density at radius 3 is 2.75 bits per heavy atom. The molecule has 0 bridgehead atoms. The number of nitrogens with zero attached hydrogens (tertiary/aromatic N) is 4. The number of likely N-dealkylation sites (tertiary alicyclic amines) is 1. The molecule has 0 radical (unpaired) electrons. The highest BCUT2D eigenvalue weighted by Crippen LogP contribution is 2.40. The standard InChI is InChI=1S/C24H32N6O2/c1-16-23-21(12-20(27-16)17-13-30(14-17)18-2-5-25-6-3-18)28-24-19(15-32-23)22(4-7-26-24)29-8-10-31-11-9-29/h4,7,12,17-18,25H,2-3,5-6,8-11,13-15H2,1H3,(H,26,28). The van der Waals surface area contributed by atoms with Gasteiger partial charge in [0.15, 0.2) is 5.75 Å². The monoisotopic (exact) mass is 436 g/mol. The summed E-state index contributed by atoms with van der Waals surface area (Å²) >= 11 is 0. The van der Waals surface area contributed by atoms with Crippen LogP contribution in [0.4, 0.5) is 17.2 Å². The maximum Gasteiger partial charge on any atom is 0.164 e. The molecule has 8 heteroatoms. The van der Waals surface area contributed by atoms with Crippen molar-refractivity contribution >= 4 is 17.2 Å². The van der Waals surface area contributed by atoms with Crippen LogP contribution in [-0.4, -0.2) is 73.4 Å². The molecular formula is C24H32N6O2. The van der Waals surface area contributed by atoms with E-state index in [4.69, 9.17) is 14.5 Å². The van der Waals surface area contributed by atoms with E-state index in [0.29, 0.717) is 12.5 Å². The molecule has 32 heavy (non-hydrogen) atoms. The number of piperidine rings is 1. The Bertz CT molecular complexity index is 981. The third-order valence-corrected chi connectivity index (χ3v) is 7.31. The van der Waals surface area contributed by atoms with E-state index in [1.165, 1.54) is 18.5 Å². The Balaban J connectivity index is 1.23. The van der Waals surface area contributed by atoms with E-state index in [1.54, 1.807) is 0 Å². The van der Waals surface area contributed by atoms with Crippen LogP contribution in [0, 0.1) is 6.92 Å². The van der Waals surface area contributed by atoms with Crippen molar-refractivity contribution in [3.05, 3.63) is 35.3 Å². The van der Waals surface area contributed by atoms with Gasteiger partial charge in [-0.15, -0.1) is 0 Å². The lowest BCUT2D eigenvalue weighted by atomic mass is 9.90. The molecule has 0 saturated carbocycles. The van der Waals surface area contributed by atoms with E-state index in [9.17, 15) is 0 Å². The van der Waals surface area contributed by atoms with Gasteiger partial charge in [-0.2, -0.15) is 0 Å². The van der Waals surface area contributed by atoms with Crippen LogP contribution in [0.25, 0.3) is 0 Å². The lowest BCUT2D eigenvalue weighted by Crippen LogP contribution is -2.53. The van der Waals surface area contributed by atoms with Crippen LogP contribution in [0.1, 0.15) is 35.7 Å². The van der Waals surface area contributed by atoms with Crippen LogP contribution in [0.2, 0.25) is 0 Å². The Morgan fingerprint density at radius 1 is 1.12 bits per heavy atom. The quantitative estimate of drug-likeness (QED) is 0.760. The third-order valence-electron chi connectivity index (χ3n) is 7.31. The molecule has 0 unspecified atom stereocenters. The molecule has 3 saturated heterocycles. The van der Waals surface area contributed by atoms with Crippen molar-refractivity contribution in [3.8, 4) is 5.75 Å². The van der Waals surface area contributed by atoms with Gasteiger partial charge in [-0.1, -0.05) is 0 Å². The number of aryl methyl sites for hydroxylation is 1. The first-order chi connectivity index (χ1) is 15.8. The van der Waals surface area contributed by atoms with E-state index in [1.807, 2.05) is 6.20 Å². The van der Waals surface area contributed by atoms with E-state index >= 15 is 0 Å². The summed E-state index contributed by atoms with van der Waals surface area (Å²) in [5.74, 6) is 2.22. The van der Waals surface area contributed by atoms with E-state index < -0.39 is 0 Å². The summed E-state index contributed by atoms with van der Waals surface area (Å²) in [5, 5.41) is 7.05. The second kappa shape index (κ2) is 8.50. The second-order valence-corrected chi connectivity index (χ2v) is 9.31. The van der Waals surface area contributed by atoms with Gasteiger partial charge in [0.05, 0.1) is 30.2 Å². The molecule has 6 heterocycles. The van der Waals surface area contributed by atoms with E-state index in [-0.39, 0.29) is 0 Å². The van der Waals surface area contributed by atoms with Crippen molar-refractivity contribution in [1.29, 1.82) is 0 Å². The highest BCUT2D eigenvalue weighted by atomic mass is 16.5. The lowest BCUT2D eigenvalue weighted by Gasteiger charge is -2.45. The molecule has 0 aliphatic carbocycles. The van der Waals surface area contributed by atoms with E-state index in [0.717, 1.165) is 92.7 Å². The summed E-state index contributed by atoms with van der Waals surface area (Å²) in [7, 11) is 0. The third kappa shape index (κ3) is 3.70. The van der Waals surface area contributed by atoms with Crippen LogP contribution < -0.4 is 20.3 Å². The number of pyridine rings is 2. The molecule has 3 fully saturated rings. The van der Waals surface area contributed by atoms with Gasteiger partial charge in [-0.25, -0.2) is 4.98 Å². The zero-order chi connectivity index (χ0) is 21.5. The minimum atomic E-state index is 0.491. The highest BCUT2D eigenvalue weighted by Gasteiger charge is 2.35. The fourth-order valence-electron chi connectivity index (χ4n) is 5.44. The Labute approximate surface area is 189 Å². The molecular weight excluding hydrogens is 404 g/mol. The molecule has 4 aliphatic heterocycles. The van der Waals surface area contributed by atoms with Crippen molar-refractivity contribution in [2.45, 2.75) is 38.3 Å². The minimum Gasteiger partial charge on any atom is -0.485 e. The number of ether oxygens (including phenoxy) is 2. The second-order valence-electron chi connectivity index (χ2n) is 9.31. The van der Waals surface area contributed by atoms with Gasteiger partial charge in [0.1, 0.15) is 12.4 Å². The van der Waals surface area contributed by atoms with Gasteiger partial charge in [-0.3, -0.25) is 9.88 Å². The summed E-state index contributed by atoms with van der Waals surface area (Å²) in [6.45, 7) is 10.3. The molecule has 170 valence electrons. The number of anilines is 3. The molecule has 6 rings (SSSR count). The fourth-order valence-corrected chi connectivity index (χ4v) is 5.44. The van der Waals surface area contributed by atoms with Gasteiger partial charge < -0.3 is 25.0 Å². The predicted molar refractivity (Wildman–Crippen MR) is 124 cm³/mol. The Morgan fingerprint density at radius 2 is 1.94 bits per heavy atom. The summed E-state index contributed by atoms with van der Waals surface area (Å²) in [6, 6.07) is 5.00. The van der Waals surface area contributed by atoms with Gasteiger partial charge in [0.2, 0.25) is 0 Å². The molecule has 4 aliphatic rings. The van der Waals surface area contributed by atoms with Crippen LogP contribution in [0.15, 0.2) is 18.3 Å². The number of hydrogen-bond donors (Lipinski definition) is 2. The largest absolute Gasteiger partial charge is 0.485 e. The zero-order valence-electron chi connectivity index (χ0n) is 18.8. The minimum absolute atomic E-state index is 0.491. The zero-order valence-corrected chi connectivity index (χ0v) is 18.8. The maximum atomic E-state index is 6.30. The Hall–Kier alpha value is -2.42. The topological polar surface area (TPSA) is 74.8 Å². The average Bonchev–Trinajstić information content (AvgIpc) is 2.99. The molecule has 2 aromatic rings. The SMILES string of the molecule is Cc1nc(C2CN(C3CCNCC3)C2)cc2c1OCc1c(N3CCOCC3)ccnc1N2. The maximum absolute atomic E-state index is 6.30. The van der Waals surface area contributed by atoms with Crippen LogP contribution in [-0.2, 0) is 11.3 Å². The first-order valence-corrected chi connectivity index (χ1v) is 11.9. The summed E-state index contributed by atoms with van der Waals surface area (Å²) in [4.78, 5) is 14.6. The van der Waals surface area contributed by atoms with Gasteiger partial charge in [-0.05, 0) is 45.0 Å². The molecule has 0 aromatic carbocycles. The summed E-state index contributed by atoms with van der Waals surface area (Å²) in [5.41, 5.74) is 5.38. The molecule has 0 spiro atoms. The van der Waals surface area contributed by atoms with Crippen LogP contribution >= 0.6 is 0 Å². The number of morpholine rings is 1. The average molecular weight is 437 g/mol. The van der Waals surface area contributed by atoms with Gasteiger partial charge in [0, 0.05) is 55.7 Å². The predicted octanol–water partition coefficient (Wildman–Crippen LogP) is 2.41. The number of fused-ring (bicyclic) bond motifs is 2. The van der Waals surface area contributed by atoms with Crippen molar-refractivity contribution in [2.75, 3.05) is 62.7 Å². The molecule has 0 atom stereocenters. The van der Waals surface area contributed by atoms with E-state index in [2.05, 4.69) is 44.5 Å². The van der Waals surface area contributed by atoms with Crippen molar-refractivity contribution < 1.29 is 9.47 Å². The van der Waals surface area contributed by atoms with Crippen LogP contribution in [0.3, 0.4) is 0 Å².